The third kappa shape index (κ3) is 6.97. The smallest absolute Gasteiger partial charge is 0.430 e. The molecule has 1 fully saturated rings. The lowest BCUT2D eigenvalue weighted by Crippen LogP contribution is -3.04. The second-order valence-corrected chi connectivity index (χ2v) is 4.31. The van der Waals surface area contributed by atoms with Gasteiger partial charge in [0.05, 0.1) is 0 Å². The minimum atomic E-state index is -5.19. The number of carboxylic acid groups (broad SMARTS) is 1. The Hall–Kier alpha value is -1.35. The van der Waals surface area contributed by atoms with Crippen molar-refractivity contribution in [1.82, 2.24) is 4.90 Å². The highest BCUT2D eigenvalue weighted by atomic mass is 19.4. The molecule has 0 radical (unpaired) electrons. The number of rotatable bonds is 3. The van der Waals surface area contributed by atoms with Crippen molar-refractivity contribution >= 4 is 11.9 Å². The molecule has 9 heteroatoms. The highest BCUT2D eigenvalue weighted by molar-refractivity contribution is 5.75. The molecule has 1 heterocycles. The number of aliphatic carboxylic acids is 1. The van der Waals surface area contributed by atoms with Crippen LogP contribution in [0.2, 0.25) is 0 Å². The van der Waals surface area contributed by atoms with Crippen LogP contribution in [0.5, 0.6) is 0 Å². The molecule has 6 nitrogen and oxygen atoms in total. The lowest BCUT2D eigenvalue weighted by Gasteiger charge is -2.29. The van der Waals surface area contributed by atoms with Crippen LogP contribution in [0.3, 0.4) is 0 Å². The van der Waals surface area contributed by atoms with Crippen molar-refractivity contribution in [1.29, 1.82) is 0 Å². The molecule has 0 aromatic rings. The highest BCUT2D eigenvalue weighted by Crippen LogP contribution is 2.11. The van der Waals surface area contributed by atoms with Crippen LogP contribution >= 0.6 is 0 Å². The molecule has 1 unspecified atom stereocenters. The normalized spacial score (nSPS) is 21.8. The zero-order valence-electron chi connectivity index (χ0n) is 10.6. The van der Waals surface area contributed by atoms with Crippen molar-refractivity contribution in [2.75, 3.05) is 20.6 Å². The van der Waals surface area contributed by atoms with Crippen molar-refractivity contribution < 1.29 is 38.3 Å². The first-order valence-corrected chi connectivity index (χ1v) is 5.55. The van der Waals surface area contributed by atoms with Gasteiger partial charge in [-0.05, 0) is 0 Å². The predicted octanol–water partition coefficient (Wildman–Crippen LogP) is -2.54. The van der Waals surface area contributed by atoms with Crippen LogP contribution in [-0.4, -0.2) is 60.8 Å². The van der Waals surface area contributed by atoms with Crippen molar-refractivity contribution in [3.05, 3.63) is 0 Å². The molecule has 0 spiro atoms. The van der Waals surface area contributed by atoms with E-state index in [0.29, 0.717) is 6.42 Å². The van der Waals surface area contributed by atoms with Gasteiger partial charge in [-0.1, -0.05) is 0 Å². The van der Waals surface area contributed by atoms with Gasteiger partial charge in [-0.3, -0.25) is 4.79 Å². The minimum absolute atomic E-state index is 0.141. The van der Waals surface area contributed by atoms with Gasteiger partial charge in [0, 0.05) is 26.9 Å². The zero-order chi connectivity index (χ0) is 15.2. The van der Waals surface area contributed by atoms with Gasteiger partial charge in [0.15, 0.2) is 6.10 Å². The van der Waals surface area contributed by atoms with Crippen LogP contribution < -0.4 is 10.4 Å². The first kappa shape index (κ1) is 17.6. The van der Waals surface area contributed by atoms with Gasteiger partial charge in [0.1, 0.15) is 18.6 Å². The molecular weight excluding hydrogens is 269 g/mol. The van der Waals surface area contributed by atoms with Gasteiger partial charge in [0.25, 0.3) is 0 Å². The third-order valence-corrected chi connectivity index (χ3v) is 2.60. The summed E-state index contributed by atoms with van der Waals surface area (Å²) >= 11 is 0. The number of carbonyl (C=O) groups is 2. The van der Waals surface area contributed by atoms with E-state index in [1.165, 1.54) is 0 Å². The van der Waals surface area contributed by atoms with E-state index < -0.39 is 12.1 Å². The largest absolute Gasteiger partial charge is 0.542 e. The molecule has 19 heavy (non-hydrogen) atoms. The molecule has 2 atom stereocenters. The lowest BCUT2D eigenvalue weighted by molar-refractivity contribution is -0.761. The molecule has 0 aromatic heterocycles. The van der Waals surface area contributed by atoms with E-state index >= 15 is 0 Å². The Morgan fingerprint density at radius 3 is 2.11 bits per heavy atom. The topological polar surface area (TPSA) is 97.3 Å². The summed E-state index contributed by atoms with van der Waals surface area (Å²) in [5.74, 6) is -2.87. The van der Waals surface area contributed by atoms with Crippen LogP contribution in [-0.2, 0) is 9.59 Å². The molecule has 1 aliphatic rings. The Kier molecular flexibility index (Phi) is 6.77. The summed E-state index contributed by atoms with van der Waals surface area (Å²) in [7, 11) is 3.51. The van der Waals surface area contributed by atoms with Gasteiger partial charge in [-0.15, -0.1) is 0 Å². The highest BCUT2D eigenvalue weighted by Gasteiger charge is 2.33. The molecule has 1 amide bonds. The van der Waals surface area contributed by atoms with E-state index in [4.69, 9.17) is 9.90 Å². The Balaban J connectivity index is 0.000000399. The van der Waals surface area contributed by atoms with Crippen molar-refractivity contribution in [3.63, 3.8) is 0 Å². The van der Waals surface area contributed by atoms with Gasteiger partial charge in [-0.2, -0.15) is 13.2 Å². The second-order valence-electron chi connectivity index (χ2n) is 4.31. The lowest BCUT2D eigenvalue weighted by atomic mass is 9.98. The Morgan fingerprint density at radius 1 is 1.42 bits per heavy atom. The van der Waals surface area contributed by atoms with E-state index in [1.807, 2.05) is 0 Å². The van der Waals surface area contributed by atoms with E-state index in [9.17, 15) is 23.1 Å². The van der Waals surface area contributed by atoms with Gasteiger partial charge < -0.3 is 25.2 Å². The minimum Gasteiger partial charge on any atom is -0.542 e. The number of carbonyl (C=O) groups excluding carboxylic acids is 2. The number of hydrogen-bond donors (Lipinski definition) is 2. The summed E-state index contributed by atoms with van der Waals surface area (Å²) in [5.41, 5.74) is 0. The first-order valence-electron chi connectivity index (χ1n) is 5.55. The van der Waals surface area contributed by atoms with E-state index in [2.05, 4.69) is 5.32 Å². The maximum Gasteiger partial charge on any atom is 0.430 e. The van der Waals surface area contributed by atoms with Crippen molar-refractivity contribution in [2.45, 2.75) is 31.2 Å². The number of quaternary nitrogens is 1. The number of aliphatic hydroxyl groups excluding tert-OH is 1. The number of carboxylic acids is 1. The van der Waals surface area contributed by atoms with E-state index in [0.717, 1.165) is 13.0 Å². The monoisotopic (exact) mass is 286 g/mol. The van der Waals surface area contributed by atoms with Gasteiger partial charge >= 0.3 is 6.18 Å². The van der Waals surface area contributed by atoms with Gasteiger partial charge in [-0.25, -0.2) is 0 Å². The number of alkyl halides is 3. The Morgan fingerprint density at radius 2 is 1.89 bits per heavy atom. The molecule has 1 saturated heterocycles. The molecule has 0 aromatic carbocycles. The summed E-state index contributed by atoms with van der Waals surface area (Å²) in [5, 5.41) is 20.1. The molecular formula is C10H17F3N2O4. The summed E-state index contributed by atoms with van der Waals surface area (Å²) in [6, 6.07) is 0.258. The number of nitrogens with two attached hydrogens (primary N) is 1. The number of amides is 1. The number of hydrogen-bond acceptors (Lipinski definition) is 4. The number of nitrogens with zero attached hydrogens (tertiary/aromatic N) is 1. The quantitative estimate of drug-likeness (QED) is 0.597. The number of halogens is 3. The SMILES string of the molecule is CN(C)C(=O)CC[C@@H]1[NH2+]CC1O.O=C([O-])C(F)(F)F. The third-order valence-electron chi connectivity index (χ3n) is 2.60. The maximum absolute atomic E-state index is 11.1. The predicted molar refractivity (Wildman–Crippen MR) is 55.6 cm³/mol. The van der Waals surface area contributed by atoms with Gasteiger partial charge in [0.2, 0.25) is 5.91 Å². The average molecular weight is 286 g/mol. The molecule has 3 N–H and O–H groups in total. The first-order chi connectivity index (χ1) is 8.55. The fourth-order valence-electron chi connectivity index (χ4n) is 1.27. The standard InChI is InChI=1S/C8H16N2O2.C2HF3O2/c1-10(2)8(12)4-3-6-7(11)5-9-6;3-2(4,5)1(6)7/h6-7,9,11H,3-5H2,1-2H3;(H,6,7)/t6-,7?;/m0./s1. The summed E-state index contributed by atoms with van der Waals surface area (Å²) in [6.45, 7) is 0.792. The second kappa shape index (κ2) is 7.29. The van der Waals surface area contributed by atoms with Crippen LogP contribution in [0.4, 0.5) is 13.2 Å². The van der Waals surface area contributed by atoms with Crippen LogP contribution in [0, 0.1) is 0 Å². The van der Waals surface area contributed by atoms with E-state index in [1.54, 1.807) is 19.0 Å². The molecule has 1 rings (SSSR count). The Bertz CT molecular complexity index is 320. The Labute approximate surface area is 108 Å². The van der Waals surface area contributed by atoms with Crippen molar-refractivity contribution in [3.8, 4) is 0 Å². The molecule has 1 aliphatic heterocycles. The average Bonchev–Trinajstić information content (AvgIpc) is 2.26. The fraction of sp³-hybridized carbons (Fsp3) is 0.800. The van der Waals surface area contributed by atoms with Crippen LogP contribution in [0.25, 0.3) is 0 Å². The fourth-order valence-corrected chi connectivity index (χ4v) is 1.27. The number of aliphatic hydroxyl groups is 1. The molecule has 112 valence electrons. The molecule has 0 bridgehead atoms. The van der Waals surface area contributed by atoms with E-state index in [-0.39, 0.29) is 18.1 Å². The summed E-state index contributed by atoms with van der Waals surface area (Å²) in [4.78, 5) is 21.5. The molecule has 0 saturated carbocycles. The van der Waals surface area contributed by atoms with Crippen LogP contribution in [0.1, 0.15) is 12.8 Å². The van der Waals surface area contributed by atoms with Crippen LogP contribution in [0.15, 0.2) is 0 Å². The molecule has 0 aliphatic carbocycles. The summed E-state index contributed by atoms with van der Waals surface area (Å²) in [6.07, 6.45) is -4.05. The maximum atomic E-state index is 11.1. The van der Waals surface area contributed by atoms with Crippen molar-refractivity contribution in [2.24, 2.45) is 0 Å². The summed E-state index contributed by atoms with van der Waals surface area (Å²) < 4.78 is 31.5. The zero-order valence-corrected chi connectivity index (χ0v) is 10.6.